The van der Waals surface area contributed by atoms with Crippen LogP contribution in [0.1, 0.15) is 63.4 Å². The number of nitriles is 1. The summed E-state index contributed by atoms with van der Waals surface area (Å²) in [5.74, 6) is 3.50. The highest BCUT2D eigenvalue weighted by Gasteiger charge is 2.48. The molecule has 2 N–H and O–H groups in total. The first-order valence-corrected chi connectivity index (χ1v) is 17.4. The fourth-order valence-corrected chi connectivity index (χ4v) is 8.35. The number of likely N-dealkylation sites (tertiary alicyclic amines) is 1. The number of nitrogens with one attached hydrogen (secondary N) is 1. The number of rotatable bonds is 6. The maximum atomic E-state index is 14.0. The molecule has 1 saturated carbocycles. The van der Waals surface area contributed by atoms with Gasteiger partial charge in [-0.2, -0.15) is 5.26 Å². The summed E-state index contributed by atoms with van der Waals surface area (Å²) >= 11 is 7.72. The number of piperidine rings is 1. The van der Waals surface area contributed by atoms with Crippen LogP contribution in [0.5, 0.6) is 0 Å². The van der Waals surface area contributed by atoms with E-state index in [1.807, 2.05) is 18.0 Å². The number of hydrogen-bond acceptors (Lipinski definition) is 9. The Hall–Kier alpha value is -4.82. The van der Waals surface area contributed by atoms with Gasteiger partial charge in [-0.1, -0.05) is 29.5 Å². The summed E-state index contributed by atoms with van der Waals surface area (Å²) in [6.45, 7) is 3.50. The Kier molecular flexibility index (Phi) is 8.85. The molecule has 14 heteroatoms. The SMILES string of the molecule is Cc1nc2cnc(N(C)C3CCN(C4CC(F)(F)C4)CC3)c(C#N)c2c(=O)n1CC#Cc1ccc(Cl)cc1C1=CCNc2c(C(=O)O)csc21. The van der Waals surface area contributed by atoms with Crippen molar-refractivity contribution in [2.45, 2.75) is 57.2 Å². The number of alkyl halides is 2. The van der Waals surface area contributed by atoms with Crippen molar-refractivity contribution >= 4 is 56.9 Å². The fraction of sp³-hybridized carbons (Fsp3) is 0.361. The molecule has 0 bridgehead atoms. The standard InChI is InChI=1S/C36H32ClF2N7O3S/c1-20-43-29-18-42-33(44(2)23-8-12-45(13-9-23)24-15-36(38,39)16-24)27(17-40)30(29)34(47)46(20)11-3-4-21-5-6-22(37)14-26(21)25-7-10-41-31-28(35(48)49)19-50-32(25)31/h5-7,14,18-19,23-24,41H,8-13,15-16H2,1-2H3,(H,48,49). The number of anilines is 2. The lowest BCUT2D eigenvalue weighted by molar-refractivity contribution is -0.127. The second kappa shape index (κ2) is 13.1. The molecule has 7 rings (SSSR count). The topological polar surface area (TPSA) is 127 Å². The number of benzene rings is 1. The molecule has 3 aliphatic rings. The zero-order valence-corrected chi connectivity index (χ0v) is 28.8. The van der Waals surface area contributed by atoms with Crippen molar-refractivity contribution in [3.8, 4) is 17.9 Å². The first-order valence-electron chi connectivity index (χ1n) is 16.2. The molecule has 2 fully saturated rings. The van der Waals surface area contributed by atoms with Gasteiger partial charge in [0.1, 0.15) is 23.3 Å². The van der Waals surface area contributed by atoms with Gasteiger partial charge in [0.25, 0.3) is 11.5 Å². The molecule has 0 amide bonds. The van der Waals surface area contributed by atoms with E-state index in [1.165, 1.54) is 22.1 Å². The Balaban J connectivity index is 1.16. The molecule has 0 radical (unpaired) electrons. The molecule has 2 aliphatic heterocycles. The van der Waals surface area contributed by atoms with Gasteiger partial charge in [-0.3, -0.25) is 14.3 Å². The highest BCUT2D eigenvalue weighted by Crippen LogP contribution is 2.42. The predicted octanol–water partition coefficient (Wildman–Crippen LogP) is 5.99. The molecule has 256 valence electrons. The average Bonchev–Trinajstić information content (AvgIpc) is 3.53. The van der Waals surface area contributed by atoms with Gasteiger partial charge in [-0.25, -0.2) is 23.5 Å². The third kappa shape index (κ3) is 6.10. The smallest absolute Gasteiger partial charge is 0.338 e. The summed E-state index contributed by atoms with van der Waals surface area (Å²) in [6.07, 6.45) is 4.74. The molecule has 10 nitrogen and oxygen atoms in total. The molecule has 0 atom stereocenters. The Labute approximate surface area is 295 Å². The van der Waals surface area contributed by atoms with Crippen molar-refractivity contribution in [3.05, 3.63) is 84.2 Å². The van der Waals surface area contributed by atoms with Crippen molar-refractivity contribution in [2.75, 3.05) is 36.9 Å². The number of carboxylic acid groups (broad SMARTS) is 1. The Morgan fingerprint density at radius 3 is 2.74 bits per heavy atom. The summed E-state index contributed by atoms with van der Waals surface area (Å²) < 4.78 is 28.3. The Morgan fingerprint density at radius 2 is 2.04 bits per heavy atom. The second-order valence-corrected chi connectivity index (χ2v) is 14.1. The van der Waals surface area contributed by atoms with Crippen LogP contribution in [0.4, 0.5) is 20.3 Å². The maximum absolute atomic E-state index is 14.0. The molecule has 4 aromatic rings. The summed E-state index contributed by atoms with van der Waals surface area (Å²) in [5, 5.41) is 25.4. The van der Waals surface area contributed by atoms with E-state index in [9.17, 15) is 28.7 Å². The monoisotopic (exact) mass is 715 g/mol. The van der Waals surface area contributed by atoms with Crippen LogP contribution in [-0.2, 0) is 6.54 Å². The molecular formula is C36H32ClF2N7O3S. The van der Waals surface area contributed by atoms with Crippen LogP contribution >= 0.6 is 22.9 Å². The second-order valence-electron chi connectivity index (χ2n) is 12.8. The maximum Gasteiger partial charge on any atom is 0.338 e. The lowest BCUT2D eigenvalue weighted by atomic mass is 9.85. The van der Waals surface area contributed by atoms with Crippen LogP contribution in [0.25, 0.3) is 16.5 Å². The molecule has 0 unspecified atom stereocenters. The van der Waals surface area contributed by atoms with E-state index in [0.717, 1.165) is 28.9 Å². The van der Waals surface area contributed by atoms with Crippen LogP contribution in [0.15, 0.2) is 40.6 Å². The summed E-state index contributed by atoms with van der Waals surface area (Å²) in [7, 11) is 1.85. The number of aryl methyl sites for hydroxylation is 1. The normalized spacial score (nSPS) is 17.5. The minimum atomic E-state index is -2.56. The highest BCUT2D eigenvalue weighted by molar-refractivity contribution is 7.12. The van der Waals surface area contributed by atoms with Crippen LogP contribution in [0.3, 0.4) is 0 Å². The van der Waals surface area contributed by atoms with Gasteiger partial charge in [0.05, 0.1) is 39.8 Å². The van der Waals surface area contributed by atoms with Crippen LogP contribution in [-0.4, -0.2) is 75.2 Å². The van der Waals surface area contributed by atoms with E-state index in [4.69, 9.17) is 11.6 Å². The van der Waals surface area contributed by atoms with E-state index in [1.54, 1.807) is 30.5 Å². The largest absolute Gasteiger partial charge is 0.478 e. The summed E-state index contributed by atoms with van der Waals surface area (Å²) in [4.78, 5) is 39.7. The number of hydrogen-bond donors (Lipinski definition) is 2. The summed E-state index contributed by atoms with van der Waals surface area (Å²) in [5.41, 5.74) is 3.03. The number of thiophene rings is 1. The number of pyridine rings is 1. The fourth-order valence-electron chi connectivity index (χ4n) is 7.10. The van der Waals surface area contributed by atoms with Crippen molar-refractivity contribution in [2.24, 2.45) is 0 Å². The van der Waals surface area contributed by atoms with Gasteiger partial charge in [0.15, 0.2) is 0 Å². The van der Waals surface area contributed by atoms with Gasteiger partial charge < -0.3 is 15.3 Å². The van der Waals surface area contributed by atoms with E-state index in [2.05, 4.69) is 38.1 Å². The van der Waals surface area contributed by atoms with Gasteiger partial charge in [0.2, 0.25) is 0 Å². The third-order valence-electron chi connectivity index (χ3n) is 9.83. The van der Waals surface area contributed by atoms with Crippen LogP contribution in [0.2, 0.25) is 5.02 Å². The molecule has 3 aromatic heterocycles. The van der Waals surface area contributed by atoms with Gasteiger partial charge in [0, 0.05) is 78.7 Å². The molecule has 1 aliphatic carbocycles. The number of halogens is 3. The number of carbonyl (C=O) groups is 1. The molecular weight excluding hydrogens is 684 g/mol. The first-order chi connectivity index (χ1) is 24.0. The first kappa shape index (κ1) is 33.7. The molecule has 1 aromatic carbocycles. The Bertz CT molecular complexity index is 2230. The molecule has 5 heterocycles. The number of carboxylic acids is 1. The Morgan fingerprint density at radius 1 is 1.28 bits per heavy atom. The minimum Gasteiger partial charge on any atom is -0.478 e. The van der Waals surface area contributed by atoms with Gasteiger partial charge in [-0.05, 0) is 38.0 Å². The zero-order valence-electron chi connectivity index (χ0n) is 27.3. The van der Waals surface area contributed by atoms with Crippen molar-refractivity contribution in [3.63, 3.8) is 0 Å². The van der Waals surface area contributed by atoms with Crippen LogP contribution in [0, 0.1) is 30.1 Å². The quantitative estimate of drug-likeness (QED) is 0.232. The van der Waals surface area contributed by atoms with Crippen molar-refractivity contribution < 1.29 is 18.7 Å². The van der Waals surface area contributed by atoms with E-state index < -0.39 is 17.5 Å². The number of nitrogens with zero attached hydrogens (tertiary/aromatic N) is 6. The minimum absolute atomic E-state index is 0.000721. The molecule has 1 saturated heterocycles. The van der Waals surface area contributed by atoms with E-state index in [0.29, 0.717) is 53.1 Å². The average molecular weight is 716 g/mol. The van der Waals surface area contributed by atoms with E-state index >= 15 is 0 Å². The predicted molar refractivity (Wildman–Crippen MR) is 189 cm³/mol. The number of aromatic carboxylic acids is 1. The van der Waals surface area contributed by atoms with Crippen LogP contribution < -0.4 is 15.8 Å². The lowest BCUT2D eigenvalue weighted by Crippen LogP contribution is -2.55. The van der Waals surface area contributed by atoms with Crippen molar-refractivity contribution in [1.82, 2.24) is 19.4 Å². The molecule has 50 heavy (non-hydrogen) atoms. The van der Waals surface area contributed by atoms with Crippen molar-refractivity contribution in [1.29, 1.82) is 5.26 Å². The van der Waals surface area contributed by atoms with E-state index in [-0.39, 0.29) is 48.0 Å². The lowest BCUT2D eigenvalue weighted by Gasteiger charge is -2.46. The summed E-state index contributed by atoms with van der Waals surface area (Å²) in [6, 6.07) is 7.45. The third-order valence-corrected chi connectivity index (χ3v) is 11.1. The highest BCUT2D eigenvalue weighted by atomic mass is 35.5. The van der Waals surface area contributed by atoms with Gasteiger partial charge >= 0.3 is 5.97 Å². The zero-order chi connectivity index (χ0) is 35.3. The number of aromatic nitrogens is 3. The molecule has 0 spiro atoms. The number of fused-ring (bicyclic) bond motifs is 2. The van der Waals surface area contributed by atoms with Gasteiger partial charge in [-0.15, -0.1) is 11.3 Å².